The fourth-order valence-corrected chi connectivity index (χ4v) is 5.13. The third-order valence-electron chi connectivity index (χ3n) is 6.88. The molecule has 2 heteroatoms. The van der Waals surface area contributed by atoms with Crippen molar-refractivity contribution in [2.75, 3.05) is 0 Å². The molecule has 0 amide bonds. The molecule has 0 unspecified atom stereocenters. The third kappa shape index (κ3) is 3.31. The molecule has 0 N–H and O–H groups in total. The molecule has 0 aliphatic carbocycles. The van der Waals surface area contributed by atoms with Crippen molar-refractivity contribution in [1.82, 2.24) is 9.55 Å². The van der Waals surface area contributed by atoms with Gasteiger partial charge in [0, 0.05) is 28.9 Å². The van der Waals surface area contributed by atoms with Gasteiger partial charge in [0.25, 0.3) is 0 Å². The van der Waals surface area contributed by atoms with Crippen LogP contribution in [-0.2, 0) is 0 Å². The van der Waals surface area contributed by atoms with Gasteiger partial charge in [0.2, 0.25) is 0 Å². The number of benzene rings is 5. The minimum absolute atomic E-state index is 1.12. The second-order valence-electron chi connectivity index (χ2n) is 8.93. The van der Waals surface area contributed by atoms with E-state index in [0.29, 0.717) is 0 Å². The zero-order chi connectivity index (χ0) is 23.2. The third-order valence-corrected chi connectivity index (χ3v) is 6.88. The monoisotopic (exact) mass is 446 g/mol. The van der Waals surface area contributed by atoms with Crippen molar-refractivity contribution >= 4 is 32.6 Å². The number of rotatable bonds is 3. The van der Waals surface area contributed by atoms with Gasteiger partial charge in [-0.1, -0.05) is 84.9 Å². The fraction of sp³-hybridized carbons (Fsp3) is 0. The van der Waals surface area contributed by atoms with E-state index in [1.54, 1.807) is 0 Å². The van der Waals surface area contributed by atoms with E-state index in [9.17, 15) is 0 Å². The summed E-state index contributed by atoms with van der Waals surface area (Å²) >= 11 is 0. The Morgan fingerprint density at radius 1 is 0.457 bits per heavy atom. The lowest BCUT2D eigenvalue weighted by atomic mass is 10.00. The molecule has 0 aliphatic heterocycles. The predicted molar refractivity (Wildman–Crippen MR) is 147 cm³/mol. The number of hydrogen-bond donors (Lipinski definition) is 0. The second kappa shape index (κ2) is 7.96. The van der Waals surface area contributed by atoms with Gasteiger partial charge in [0.15, 0.2) is 0 Å². The lowest BCUT2D eigenvalue weighted by Gasteiger charge is -2.10. The van der Waals surface area contributed by atoms with Crippen LogP contribution in [0.4, 0.5) is 0 Å². The van der Waals surface area contributed by atoms with Crippen LogP contribution < -0.4 is 0 Å². The van der Waals surface area contributed by atoms with Gasteiger partial charge in [0.05, 0.1) is 11.0 Å². The van der Waals surface area contributed by atoms with E-state index in [2.05, 4.69) is 125 Å². The van der Waals surface area contributed by atoms with Crippen molar-refractivity contribution in [2.45, 2.75) is 0 Å². The molecule has 0 spiro atoms. The van der Waals surface area contributed by atoms with Crippen LogP contribution >= 0.6 is 0 Å². The Morgan fingerprint density at radius 3 is 2.03 bits per heavy atom. The van der Waals surface area contributed by atoms with Crippen molar-refractivity contribution in [3.8, 4) is 27.9 Å². The molecule has 0 saturated heterocycles. The van der Waals surface area contributed by atoms with Crippen molar-refractivity contribution in [3.63, 3.8) is 0 Å². The smallest absolute Gasteiger partial charge is 0.0547 e. The van der Waals surface area contributed by atoms with Gasteiger partial charge in [-0.15, -0.1) is 0 Å². The van der Waals surface area contributed by atoms with E-state index in [-0.39, 0.29) is 0 Å². The van der Waals surface area contributed by atoms with Gasteiger partial charge in [0.1, 0.15) is 0 Å². The number of fused-ring (bicyclic) bond motifs is 4. The molecule has 0 bridgehead atoms. The highest BCUT2D eigenvalue weighted by atomic mass is 15.0. The summed E-state index contributed by atoms with van der Waals surface area (Å²) in [7, 11) is 0. The van der Waals surface area contributed by atoms with E-state index in [1.807, 2.05) is 18.5 Å². The Kier molecular flexibility index (Phi) is 4.49. The van der Waals surface area contributed by atoms with Gasteiger partial charge < -0.3 is 4.57 Å². The molecular formula is C33H22N2. The molecule has 7 aromatic rings. The summed E-state index contributed by atoms with van der Waals surface area (Å²) in [5.74, 6) is 0. The number of nitrogens with zero attached hydrogens (tertiary/aromatic N) is 2. The van der Waals surface area contributed by atoms with Crippen LogP contribution in [0.5, 0.6) is 0 Å². The van der Waals surface area contributed by atoms with Crippen LogP contribution in [0.1, 0.15) is 0 Å². The van der Waals surface area contributed by atoms with E-state index in [4.69, 9.17) is 0 Å². The molecule has 5 aromatic carbocycles. The second-order valence-corrected chi connectivity index (χ2v) is 8.93. The summed E-state index contributed by atoms with van der Waals surface area (Å²) in [4.78, 5) is 4.27. The topological polar surface area (TPSA) is 17.8 Å². The highest BCUT2D eigenvalue weighted by Crippen LogP contribution is 2.35. The summed E-state index contributed by atoms with van der Waals surface area (Å²) in [6.45, 7) is 0. The predicted octanol–water partition coefficient (Wildman–Crippen LogP) is 8.67. The number of para-hydroxylation sites is 1. The first kappa shape index (κ1) is 19.7. The van der Waals surface area contributed by atoms with Crippen LogP contribution in [-0.4, -0.2) is 9.55 Å². The van der Waals surface area contributed by atoms with Gasteiger partial charge in [-0.25, -0.2) is 0 Å². The Morgan fingerprint density at radius 2 is 1.17 bits per heavy atom. The maximum atomic E-state index is 4.27. The molecule has 0 aliphatic rings. The zero-order valence-corrected chi connectivity index (χ0v) is 19.1. The summed E-state index contributed by atoms with van der Waals surface area (Å²) in [5.41, 5.74) is 8.32. The molecule has 0 saturated carbocycles. The quantitative estimate of drug-likeness (QED) is 0.265. The Labute approximate surface area is 203 Å². The summed E-state index contributed by atoms with van der Waals surface area (Å²) in [5, 5.41) is 5.06. The summed E-state index contributed by atoms with van der Waals surface area (Å²) < 4.78 is 2.38. The first-order valence-electron chi connectivity index (χ1n) is 11.9. The first-order valence-corrected chi connectivity index (χ1v) is 11.9. The van der Waals surface area contributed by atoms with Crippen LogP contribution in [0.2, 0.25) is 0 Å². The maximum Gasteiger partial charge on any atom is 0.0547 e. The van der Waals surface area contributed by atoms with E-state index >= 15 is 0 Å². The SMILES string of the molecule is c1cncc(-c2ccc(-n3c4ccccc4c4ccc(-c5ccc6ccccc6c5)cc43)cc2)c1. The molecule has 2 heterocycles. The molecule has 7 rings (SSSR count). The Bertz CT molecular complexity index is 1830. The van der Waals surface area contributed by atoms with Gasteiger partial charge in [-0.3, -0.25) is 4.98 Å². The van der Waals surface area contributed by atoms with Crippen LogP contribution in [0.3, 0.4) is 0 Å². The highest BCUT2D eigenvalue weighted by molar-refractivity contribution is 6.10. The van der Waals surface area contributed by atoms with Crippen molar-refractivity contribution in [3.05, 3.63) is 134 Å². The lowest BCUT2D eigenvalue weighted by molar-refractivity contribution is 1.18. The number of pyridine rings is 1. The van der Waals surface area contributed by atoms with Crippen LogP contribution in [0.25, 0.3) is 60.5 Å². The maximum absolute atomic E-state index is 4.27. The molecular weight excluding hydrogens is 424 g/mol. The summed E-state index contributed by atoms with van der Waals surface area (Å²) in [6, 6.07) is 43.6. The average Bonchev–Trinajstić information content (AvgIpc) is 3.27. The highest BCUT2D eigenvalue weighted by Gasteiger charge is 2.13. The minimum atomic E-state index is 1.12. The molecule has 35 heavy (non-hydrogen) atoms. The van der Waals surface area contributed by atoms with Crippen molar-refractivity contribution < 1.29 is 0 Å². The molecule has 164 valence electrons. The normalized spacial score (nSPS) is 11.4. The first-order chi connectivity index (χ1) is 17.3. The number of hydrogen-bond acceptors (Lipinski definition) is 1. The Hall–Kier alpha value is -4.69. The van der Waals surface area contributed by atoms with E-state index in [1.165, 1.54) is 49.3 Å². The minimum Gasteiger partial charge on any atom is -0.309 e. The van der Waals surface area contributed by atoms with E-state index in [0.717, 1.165) is 11.3 Å². The van der Waals surface area contributed by atoms with Crippen molar-refractivity contribution in [1.29, 1.82) is 0 Å². The lowest BCUT2D eigenvalue weighted by Crippen LogP contribution is -1.94. The molecule has 0 atom stereocenters. The standard InChI is InChI=1S/C33H22N2/c1-2-7-25-20-26(12-11-23(25)6-1)27-15-18-31-30-9-3-4-10-32(30)35(33(31)21-27)29-16-13-24(14-17-29)28-8-5-19-34-22-28/h1-22H. The van der Waals surface area contributed by atoms with Crippen molar-refractivity contribution in [2.24, 2.45) is 0 Å². The molecule has 0 fully saturated rings. The summed E-state index contributed by atoms with van der Waals surface area (Å²) in [6.07, 6.45) is 3.72. The van der Waals surface area contributed by atoms with Gasteiger partial charge >= 0.3 is 0 Å². The van der Waals surface area contributed by atoms with Gasteiger partial charge in [-0.05, 0) is 69.4 Å². The van der Waals surface area contributed by atoms with Crippen LogP contribution in [0.15, 0.2) is 134 Å². The molecule has 0 radical (unpaired) electrons. The Balaban J connectivity index is 1.42. The van der Waals surface area contributed by atoms with E-state index < -0.39 is 0 Å². The largest absolute Gasteiger partial charge is 0.309 e. The zero-order valence-electron chi connectivity index (χ0n) is 19.1. The van der Waals surface area contributed by atoms with Crippen LogP contribution in [0, 0.1) is 0 Å². The number of aromatic nitrogens is 2. The average molecular weight is 447 g/mol. The molecule has 2 aromatic heterocycles. The molecule has 2 nitrogen and oxygen atoms in total. The fourth-order valence-electron chi connectivity index (χ4n) is 5.13. The van der Waals surface area contributed by atoms with Gasteiger partial charge in [-0.2, -0.15) is 0 Å².